The molecule has 2 unspecified atom stereocenters. The minimum absolute atomic E-state index is 0.0986. The van der Waals surface area contributed by atoms with Crippen LogP contribution in [0.3, 0.4) is 0 Å². The summed E-state index contributed by atoms with van der Waals surface area (Å²) in [5, 5.41) is 11.8. The Kier molecular flexibility index (Phi) is 6.20. The normalized spacial score (nSPS) is 22.7. The van der Waals surface area contributed by atoms with E-state index in [0.29, 0.717) is 18.2 Å². The molecule has 34 heavy (non-hydrogen) atoms. The van der Waals surface area contributed by atoms with Crippen molar-refractivity contribution in [3.05, 3.63) is 71.4 Å². The minimum Gasteiger partial charge on any atom is -0.384 e. The first-order valence-electron chi connectivity index (χ1n) is 12.1. The van der Waals surface area contributed by atoms with Crippen LogP contribution in [0.2, 0.25) is 0 Å². The zero-order valence-electron chi connectivity index (χ0n) is 19.4. The molecule has 176 valence electrons. The molecule has 2 aliphatic rings. The largest absolute Gasteiger partial charge is 0.384 e. The Bertz CT molecular complexity index is 1220. The van der Waals surface area contributed by atoms with Crippen LogP contribution >= 0.6 is 0 Å². The number of pyridine rings is 1. The first-order chi connectivity index (χ1) is 16.5. The Morgan fingerprint density at radius 3 is 2.76 bits per heavy atom. The Morgan fingerprint density at radius 2 is 1.88 bits per heavy atom. The number of nitrogens with one attached hydrogen (secondary N) is 3. The van der Waals surface area contributed by atoms with Crippen molar-refractivity contribution in [1.82, 2.24) is 20.9 Å². The van der Waals surface area contributed by atoms with Crippen LogP contribution < -0.4 is 21.7 Å². The maximum atomic E-state index is 13.0. The molecule has 7 nitrogen and oxygen atoms in total. The summed E-state index contributed by atoms with van der Waals surface area (Å²) in [7, 11) is 0. The number of benzene rings is 2. The SMILES string of the molecule is C[C@H](NC(=O)[C@H]1CC(c2cccc3ccccc23)CCN1)C(=O)NC1CCc2nc(N)ccc21. The zero-order chi connectivity index (χ0) is 23.7. The summed E-state index contributed by atoms with van der Waals surface area (Å²) < 4.78 is 0. The van der Waals surface area contributed by atoms with Gasteiger partial charge in [0, 0.05) is 5.69 Å². The third-order valence-corrected chi connectivity index (χ3v) is 7.13. The van der Waals surface area contributed by atoms with E-state index in [1.54, 1.807) is 13.0 Å². The molecule has 1 aliphatic carbocycles. The molecular formula is C27H31N5O2. The highest BCUT2D eigenvalue weighted by Gasteiger charge is 2.31. The summed E-state index contributed by atoms with van der Waals surface area (Å²) in [6.45, 7) is 2.50. The van der Waals surface area contributed by atoms with Crippen LogP contribution in [0.5, 0.6) is 0 Å². The van der Waals surface area contributed by atoms with Crippen molar-refractivity contribution >= 4 is 28.4 Å². The Labute approximate surface area is 199 Å². The van der Waals surface area contributed by atoms with E-state index in [2.05, 4.69) is 57.3 Å². The summed E-state index contributed by atoms with van der Waals surface area (Å²) in [5.41, 5.74) is 9.01. The number of carbonyl (C=O) groups excluding carboxylic acids is 2. The van der Waals surface area contributed by atoms with E-state index in [0.717, 1.165) is 37.1 Å². The van der Waals surface area contributed by atoms with Gasteiger partial charge in [-0.15, -0.1) is 0 Å². The molecule has 0 radical (unpaired) electrons. The van der Waals surface area contributed by atoms with Gasteiger partial charge in [-0.3, -0.25) is 9.59 Å². The fourth-order valence-corrected chi connectivity index (χ4v) is 5.32. The van der Waals surface area contributed by atoms with Crippen LogP contribution in [-0.4, -0.2) is 35.4 Å². The third kappa shape index (κ3) is 4.48. The van der Waals surface area contributed by atoms with Crippen molar-refractivity contribution in [3.63, 3.8) is 0 Å². The second-order valence-electron chi connectivity index (χ2n) is 9.40. The van der Waals surface area contributed by atoms with Gasteiger partial charge in [-0.2, -0.15) is 0 Å². The molecule has 0 bridgehead atoms. The molecule has 0 spiro atoms. The van der Waals surface area contributed by atoms with E-state index in [1.165, 1.54) is 16.3 Å². The molecule has 1 aromatic heterocycles. The number of nitrogen functional groups attached to an aromatic ring is 1. The molecule has 1 aliphatic heterocycles. The molecule has 2 heterocycles. The van der Waals surface area contributed by atoms with Crippen molar-refractivity contribution in [2.75, 3.05) is 12.3 Å². The second kappa shape index (κ2) is 9.43. The van der Waals surface area contributed by atoms with E-state index < -0.39 is 6.04 Å². The highest BCUT2D eigenvalue weighted by atomic mass is 16.2. The van der Waals surface area contributed by atoms with Crippen molar-refractivity contribution in [1.29, 1.82) is 0 Å². The number of piperidine rings is 1. The Balaban J connectivity index is 1.21. The van der Waals surface area contributed by atoms with Gasteiger partial charge in [0.25, 0.3) is 0 Å². The molecule has 7 heteroatoms. The lowest BCUT2D eigenvalue weighted by atomic mass is 9.83. The summed E-state index contributed by atoms with van der Waals surface area (Å²) >= 11 is 0. The van der Waals surface area contributed by atoms with Crippen LogP contribution in [0.1, 0.15) is 55.0 Å². The molecular weight excluding hydrogens is 426 g/mol. The number of hydrogen-bond acceptors (Lipinski definition) is 5. The Hall–Kier alpha value is -3.45. The quantitative estimate of drug-likeness (QED) is 0.471. The topological polar surface area (TPSA) is 109 Å². The van der Waals surface area contributed by atoms with E-state index >= 15 is 0 Å². The fourth-order valence-electron chi connectivity index (χ4n) is 5.32. The molecule has 1 saturated heterocycles. The Morgan fingerprint density at radius 1 is 1.06 bits per heavy atom. The van der Waals surface area contributed by atoms with E-state index in [1.807, 2.05) is 12.1 Å². The van der Waals surface area contributed by atoms with Gasteiger partial charge in [-0.05, 0) is 73.0 Å². The average Bonchev–Trinajstić information content (AvgIpc) is 3.25. The van der Waals surface area contributed by atoms with Gasteiger partial charge in [0.05, 0.1) is 12.1 Å². The maximum Gasteiger partial charge on any atom is 0.242 e. The number of aryl methyl sites for hydroxylation is 1. The van der Waals surface area contributed by atoms with Crippen LogP contribution in [0.25, 0.3) is 10.8 Å². The first kappa shape index (κ1) is 22.3. The van der Waals surface area contributed by atoms with Gasteiger partial charge in [0.15, 0.2) is 0 Å². The van der Waals surface area contributed by atoms with Gasteiger partial charge in [-0.25, -0.2) is 4.98 Å². The van der Waals surface area contributed by atoms with Crippen molar-refractivity contribution in [2.45, 2.75) is 56.7 Å². The van der Waals surface area contributed by atoms with Crippen LogP contribution in [0.4, 0.5) is 5.82 Å². The molecule has 2 aromatic carbocycles. The lowest BCUT2D eigenvalue weighted by Crippen LogP contribution is -2.53. The van der Waals surface area contributed by atoms with E-state index in [-0.39, 0.29) is 23.9 Å². The number of carbonyl (C=O) groups is 2. The maximum absolute atomic E-state index is 13.0. The van der Waals surface area contributed by atoms with Gasteiger partial charge in [-0.1, -0.05) is 48.5 Å². The van der Waals surface area contributed by atoms with Crippen molar-refractivity contribution in [3.8, 4) is 0 Å². The molecule has 3 aromatic rings. The predicted octanol–water partition coefficient (Wildman–Crippen LogP) is 2.96. The van der Waals surface area contributed by atoms with Crippen molar-refractivity contribution < 1.29 is 9.59 Å². The average molecular weight is 458 g/mol. The summed E-state index contributed by atoms with van der Waals surface area (Å²) in [4.78, 5) is 30.2. The summed E-state index contributed by atoms with van der Waals surface area (Å²) in [6, 6.07) is 17.4. The number of fused-ring (bicyclic) bond motifs is 2. The fraction of sp³-hybridized carbons (Fsp3) is 0.370. The predicted molar refractivity (Wildman–Crippen MR) is 133 cm³/mol. The smallest absolute Gasteiger partial charge is 0.242 e. The zero-order valence-corrected chi connectivity index (χ0v) is 19.4. The lowest BCUT2D eigenvalue weighted by Gasteiger charge is -2.31. The molecule has 5 rings (SSSR count). The highest BCUT2D eigenvalue weighted by Crippen LogP contribution is 2.33. The molecule has 2 amide bonds. The number of nitrogens with two attached hydrogens (primary N) is 1. The summed E-state index contributed by atoms with van der Waals surface area (Å²) in [6.07, 6.45) is 3.26. The van der Waals surface area contributed by atoms with Gasteiger partial charge < -0.3 is 21.7 Å². The molecule has 5 N–H and O–H groups in total. The van der Waals surface area contributed by atoms with Gasteiger partial charge in [0.2, 0.25) is 11.8 Å². The molecule has 4 atom stereocenters. The first-order valence-corrected chi connectivity index (χ1v) is 12.1. The number of nitrogens with zero attached hydrogens (tertiary/aromatic N) is 1. The molecule has 0 saturated carbocycles. The number of amides is 2. The second-order valence-corrected chi connectivity index (χ2v) is 9.40. The molecule has 1 fully saturated rings. The third-order valence-electron chi connectivity index (χ3n) is 7.13. The van der Waals surface area contributed by atoms with E-state index in [4.69, 9.17) is 5.73 Å². The van der Waals surface area contributed by atoms with E-state index in [9.17, 15) is 9.59 Å². The van der Waals surface area contributed by atoms with Gasteiger partial charge in [0.1, 0.15) is 11.9 Å². The summed E-state index contributed by atoms with van der Waals surface area (Å²) in [5.74, 6) is 0.466. The van der Waals surface area contributed by atoms with Crippen LogP contribution in [0, 0.1) is 0 Å². The van der Waals surface area contributed by atoms with Crippen LogP contribution in [-0.2, 0) is 16.0 Å². The monoisotopic (exact) mass is 457 g/mol. The van der Waals surface area contributed by atoms with Crippen LogP contribution in [0.15, 0.2) is 54.6 Å². The highest BCUT2D eigenvalue weighted by molar-refractivity contribution is 5.90. The standard InChI is InChI=1S/C27H31N5O2/c1-16(26(33)32-23-11-10-22-21(23)9-12-25(28)31-22)30-27(34)24-15-18(13-14-29-24)20-8-4-6-17-5-2-3-7-19(17)20/h2-9,12,16,18,23-24,29H,10-11,13-15H2,1H3,(H2,28,31)(H,30,34)(H,32,33)/t16-,18?,23?,24+/m0/s1. The van der Waals surface area contributed by atoms with Crippen molar-refractivity contribution in [2.24, 2.45) is 0 Å². The number of aromatic nitrogens is 1. The number of hydrogen-bond donors (Lipinski definition) is 4. The van der Waals surface area contributed by atoms with Gasteiger partial charge >= 0.3 is 0 Å². The number of anilines is 1. The lowest BCUT2D eigenvalue weighted by molar-refractivity contribution is -0.130. The number of rotatable bonds is 5. The minimum atomic E-state index is -0.627.